The van der Waals surface area contributed by atoms with E-state index in [-0.39, 0.29) is 5.84 Å². The molecule has 0 aliphatic rings. The lowest BCUT2D eigenvalue weighted by Crippen LogP contribution is -2.23. The zero-order valence-electron chi connectivity index (χ0n) is 12.2. The van der Waals surface area contributed by atoms with Gasteiger partial charge in [0.15, 0.2) is 5.84 Å². The van der Waals surface area contributed by atoms with Crippen LogP contribution in [0, 0.1) is 0 Å². The van der Waals surface area contributed by atoms with E-state index in [2.05, 4.69) is 15.4 Å². The van der Waals surface area contributed by atoms with Crippen LogP contribution in [-0.2, 0) is 11.3 Å². The van der Waals surface area contributed by atoms with Gasteiger partial charge in [-0.05, 0) is 19.7 Å². The number of nitrogens with one attached hydrogen (secondary N) is 1. The highest BCUT2D eigenvalue weighted by Gasteiger charge is 1.99. The molecule has 6 heteroatoms. The summed E-state index contributed by atoms with van der Waals surface area (Å²) < 4.78 is 5.48. The number of nitrogens with zero attached hydrogens (tertiary/aromatic N) is 2. The van der Waals surface area contributed by atoms with Crippen molar-refractivity contribution in [2.45, 2.75) is 6.54 Å². The summed E-state index contributed by atoms with van der Waals surface area (Å²) in [5.41, 5.74) is 7.36. The van der Waals surface area contributed by atoms with Gasteiger partial charge >= 0.3 is 0 Å². The second-order valence-corrected chi connectivity index (χ2v) is 4.77. The number of likely N-dealkylation sites (N-methyl/N-ethyl adjacent to an activating group) is 1. The van der Waals surface area contributed by atoms with Crippen molar-refractivity contribution in [2.75, 3.05) is 40.4 Å². The molecule has 0 aromatic heterocycles. The Kier molecular flexibility index (Phi) is 7.64. The van der Waals surface area contributed by atoms with Crippen molar-refractivity contribution in [3.8, 4) is 0 Å². The van der Waals surface area contributed by atoms with E-state index in [9.17, 15) is 0 Å². The molecule has 6 nitrogen and oxygen atoms in total. The first-order valence-corrected chi connectivity index (χ1v) is 6.63. The highest BCUT2D eigenvalue weighted by molar-refractivity contribution is 5.96. The van der Waals surface area contributed by atoms with E-state index in [1.54, 1.807) is 0 Å². The number of oxime groups is 1. The average Bonchev–Trinajstić information content (AvgIpc) is 2.45. The molecular formula is C14H24N4O2. The highest BCUT2D eigenvalue weighted by Crippen LogP contribution is 2.03. The van der Waals surface area contributed by atoms with Gasteiger partial charge in [-0.2, -0.15) is 0 Å². The van der Waals surface area contributed by atoms with E-state index >= 15 is 0 Å². The third-order valence-electron chi connectivity index (χ3n) is 2.79. The Morgan fingerprint density at radius 3 is 2.60 bits per heavy atom. The maximum Gasteiger partial charge on any atom is 0.170 e. The molecule has 112 valence electrons. The van der Waals surface area contributed by atoms with Crippen LogP contribution in [0.5, 0.6) is 0 Å². The molecule has 1 rings (SSSR count). The molecule has 4 N–H and O–H groups in total. The van der Waals surface area contributed by atoms with Crippen LogP contribution in [0.15, 0.2) is 29.4 Å². The van der Waals surface area contributed by atoms with Crippen molar-refractivity contribution >= 4 is 5.84 Å². The van der Waals surface area contributed by atoms with Crippen LogP contribution in [0.3, 0.4) is 0 Å². The van der Waals surface area contributed by atoms with Crippen LogP contribution >= 0.6 is 0 Å². The van der Waals surface area contributed by atoms with Crippen LogP contribution in [-0.4, -0.2) is 56.3 Å². The van der Waals surface area contributed by atoms with E-state index in [0.717, 1.165) is 31.8 Å². The van der Waals surface area contributed by atoms with Gasteiger partial charge in [0, 0.05) is 25.2 Å². The summed E-state index contributed by atoms with van der Waals surface area (Å²) in [6.45, 7) is 3.98. The molecule has 0 saturated heterocycles. The van der Waals surface area contributed by atoms with Gasteiger partial charge in [0.2, 0.25) is 0 Å². The Morgan fingerprint density at radius 2 is 2.00 bits per heavy atom. The fourth-order valence-electron chi connectivity index (χ4n) is 1.58. The molecule has 0 saturated carbocycles. The first kappa shape index (κ1) is 16.4. The van der Waals surface area contributed by atoms with E-state index in [1.807, 2.05) is 38.4 Å². The third-order valence-corrected chi connectivity index (χ3v) is 2.79. The van der Waals surface area contributed by atoms with Crippen molar-refractivity contribution in [2.24, 2.45) is 10.9 Å². The fourth-order valence-corrected chi connectivity index (χ4v) is 1.58. The van der Waals surface area contributed by atoms with Crippen LogP contribution < -0.4 is 11.1 Å². The normalized spacial score (nSPS) is 12.1. The van der Waals surface area contributed by atoms with E-state index in [4.69, 9.17) is 15.7 Å². The van der Waals surface area contributed by atoms with Crippen LogP contribution in [0.25, 0.3) is 0 Å². The van der Waals surface area contributed by atoms with Crippen LogP contribution in [0.2, 0.25) is 0 Å². The Hall–Kier alpha value is -1.63. The van der Waals surface area contributed by atoms with E-state index in [1.165, 1.54) is 0 Å². The molecule has 1 aromatic rings. The molecule has 20 heavy (non-hydrogen) atoms. The van der Waals surface area contributed by atoms with Crippen molar-refractivity contribution in [1.29, 1.82) is 0 Å². The van der Waals surface area contributed by atoms with Crippen LogP contribution in [0.4, 0.5) is 0 Å². The highest BCUT2D eigenvalue weighted by atomic mass is 16.5. The van der Waals surface area contributed by atoms with Gasteiger partial charge in [-0.1, -0.05) is 29.4 Å². The largest absolute Gasteiger partial charge is 0.409 e. The summed E-state index contributed by atoms with van der Waals surface area (Å²) >= 11 is 0. The maximum atomic E-state index is 8.57. The smallest absolute Gasteiger partial charge is 0.170 e. The lowest BCUT2D eigenvalue weighted by Gasteiger charge is -2.10. The molecule has 0 heterocycles. The minimum absolute atomic E-state index is 0.124. The second kappa shape index (κ2) is 9.30. The zero-order chi connectivity index (χ0) is 14.8. The van der Waals surface area contributed by atoms with E-state index in [0.29, 0.717) is 12.2 Å². The number of hydrogen-bond acceptors (Lipinski definition) is 5. The molecule has 0 bridgehead atoms. The first-order chi connectivity index (χ1) is 9.63. The summed E-state index contributed by atoms with van der Waals surface area (Å²) in [6.07, 6.45) is 0. The Labute approximate surface area is 120 Å². The average molecular weight is 280 g/mol. The molecule has 0 atom stereocenters. The lowest BCUT2D eigenvalue weighted by molar-refractivity contribution is 0.119. The summed E-state index contributed by atoms with van der Waals surface area (Å²) in [5, 5.41) is 14.8. The summed E-state index contributed by atoms with van der Waals surface area (Å²) in [4.78, 5) is 2.09. The molecule has 0 aliphatic heterocycles. The molecular weight excluding hydrogens is 256 g/mol. The number of nitrogens with two attached hydrogens (primary N) is 1. The number of hydrogen-bond donors (Lipinski definition) is 3. The molecule has 0 radical (unpaired) electrons. The number of rotatable bonds is 9. The first-order valence-electron chi connectivity index (χ1n) is 6.63. The second-order valence-electron chi connectivity index (χ2n) is 4.77. The van der Waals surface area contributed by atoms with Crippen molar-refractivity contribution in [1.82, 2.24) is 10.2 Å². The minimum Gasteiger partial charge on any atom is -0.409 e. The quantitative estimate of drug-likeness (QED) is 0.201. The van der Waals surface area contributed by atoms with Crippen molar-refractivity contribution < 1.29 is 9.94 Å². The minimum atomic E-state index is 0.124. The van der Waals surface area contributed by atoms with Gasteiger partial charge in [-0.3, -0.25) is 0 Å². The zero-order valence-corrected chi connectivity index (χ0v) is 12.2. The Bertz CT molecular complexity index is 404. The molecule has 0 fully saturated rings. The lowest BCUT2D eigenvalue weighted by atomic mass is 10.1. The number of ether oxygens (including phenoxy) is 1. The van der Waals surface area contributed by atoms with Gasteiger partial charge in [-0.25, -0.2) is 0 Å². The number of amidine groups is 1. The third kappa shape index (κ3) is 6.51. The number of benzene rings is 1. The molecule has 0 spiro atoms. The monoisotopic (exact) mass is 280 g/mol. The molecule has 0 unspecified atom stereocenters. The summed E-state index contributed by atoms with van der Waals surface area (Å²) in [6, 6.07) is 7.57. The Morgan fingerprint density at radius 1 is 1.30 bits per heavy atom. The van der Waals surface area contributed by atoms with Gasteiger partial charge in [0.1, 0.15) is 0 Å². The Balaban J connectivity index is 2.16. The standard InChI is InChI=1S/C14H24N4O2/c1-18(2)8-10-20-9-7-16-11-12-3-5-13(6-4-12)14(15)17-19/h3-6,16,19H,7-11H2,1-2H3,(H2,15,17). The fraction of sp³-hybridized carbons (Fsp3) is 0.500. The van der Waals surface area contributed by atoms with E-state index < -0.39 is 0 Å². The van der Waals surface area contributed by atoms with Gasteiger partial charge in [0.05, 0.1) is 13.2 Å². The molecule has 0 amide bonds. The van der Waals surface area contributed by atoms with Crippen molar-refractivity contribution in [3.05, 3.63) is 35.4 Å². The van der Waals surface area contributed by atoms with Gasteiger partial charge in [-0.15, -0.1) is 0 Å². The van der Waals surface area contributed by atoms with Gasteiger partial charge < -0.3 is 25.9 Å². The summed E-state index contributed by atoms with van der Waals surface area (Å²) in [7, 11) is 4.05. The molecule has 0 aliphatic carbocycles. The predicted molar refractivity (Wildman–Crippen MR) is 80.0 cm³/mol. The van der Waals surface area contributed by atoms with Crippen molar-refractivity contribution in [3.63, 3.8) is 0 Å². The summed E-state index contributed by atoms with van der Waals surface area (Å²) in [5.74, 6) is 0.124. The van der Waals surface area contributed by atoms with Gasteiger partial charge in [0.25, 0.3) is 0 Å². The molecule has 1 aromatic carbocycles. The predicted octanol–water partition coefficient (Wildman–Crippen LogP) is 0.449. The van der Waals surface area contributed by atoms with Crippen LogP contribution in [0.1, 0.15) is 11.1 Å². The maximum absolute atomic E-state index is 8.57. The SMILES string of the molecule is CN(C)CCOCCNCc1ccc(/C(N)=N/O)cc1. The topological polar surface area (TPSA) is 83.1 Å².